The van der Waals surface area contributed by atoms with Crippen molar-refractivity contribution in [1.82, 2.24) is 0 Å². The van der Waals surface area contributed by atoms with Crippen molar-refractivity contribution >= 4 is 5.91 Å². The summed E-state index contributed by atoms with van der Waals surface area (Å²) in [6.45, 7) is 0. The van der Waals surface area contributed by atoms with Gasteiger partial charge in [0, 0.05) is 12.0 Å². The number of nitrogens with zero attached hydrogens (tertiary/aromatic N) is 1. The number of carbonyl (C=O) groups excluding carboxylic acids is 1. The van der Waals surface area contributed by atoms with Gasteiger partial charge in [-0.1, -0.05) is 12.1 Å². The zero-order valence-electron chi connectivity index (χ0n) is 7.16. The number of hydrogen-bond acceptors (Lipinski definition) is 2. The summed E-state index contributed by atoms with van der Waals surface area (Å²) in [5, 5.41) is 8.36. The molecule has 0 fully saturated rings. The first-order chi connectivity index (χ1) is 6.24. The highest BCUT2D eigenvalue weighted by Crippen LogP contribution is 2.06. The number of nitrogens with two attached hydrogens (primary N) is 1. The fourth-order valence-electron chi connectivity index (χ4n) is 1.08. The minimum atomic E-state index is -0.432. The number of benzene rings is 1. The van der Waals surface area contributed by atoms with Crippen LogP contribution in [0.2, 0.25) is 0 Å². The summed E-state index contributed by atoms with van der Waals surface area (Å²) < 4.78 is 0. The standard InChI is InChI=1S/C10H10N2O/c11-6-2-4-8-3-1-5-9(7-8)10(12)13/h1,3,5,7H,2,4H2,(H2,12,13). The monoisotopic (exact) mass is 174 g/mol. The van der Waals surface area contributed by atoms with E-state index in [0.29, 0.717) is 18.4 Å². The third-order valence-corrected chi connectivity index (χ3v) is 1.74. The second-order valence-corrected chi connectivity index (χ2v) is 2.72. The van der Waals surface area contributed by atoms with Gasteiger partial charge in [0.25, 0.3) is 0 Å². The van der Waals surface area contributed by atoms with Crippen molar-refractivity contribution < 1.29 is 4.79 Å². The number of primary amides is 1. The van der Waals surface area contributed by atoms with Crippen LogP contribution in [0, 0.1) is 11.3 Å². The van der Waals surface area contributed by atoms with Crippen LogP contribution in [-0.4, -0.2) is 5.91 Å². The van der Waals surface area contributed by atoms with Gasteiger partial charge in [-0.25, -0.2) is 0 Å². The van der Waals surface area contributed by atoms with E-state index in [2.05, 4.69) is 0 Å². The Kier molecular flexibility index (Phi) is 3.04. The minimum Gasteiger partial charge on any atom is -0.366 e. The van der Waals surface area contributed by atoms with Crippen LogP contribution in [-0.2, 0) is 6.42 Å². The molecular formula is C10H10N2O. The molecule has 3 nitrogen and oxygen atoms in total. The molecule has 0 aliphatic rings. The van der Waals surface area contributed by atoms with Crippen molar-refractivity contribution in [3.63, 3.8) is 0 Å². The third kappa shape index (κ3) is 2.60. The highest BCUT2D eigenvalue weighted by molar-refractivity contribution is 5.92. The highest BCUT2D eigenvalue weighted by Gasteiger charge is 2.00. The van der Waals surface area contributed by atoms with Gasteiger partial charge in [-0.05, 0) is 24.1 Å². The fourth-order valence-corrected chi connectivity index (χ4v) is 1.08. The van der Waals surface area contributed by atoms with E-state index in [9.17, 15) is 4.79 Å². The van der Waals surface area contributed by atoms with Gasteiger partial charge in [0.1, 0.15) is 0 Å². The van der Waals surface area contributed by atoms with E-state index in [4.69, 9.17) is 11.0 Å². The van der Waals surface area contributed by atoms with E-state index in [-0.39, 0.29) is 0 Å². The van der Waals surface area contributed by atoms with E-state index >= 15 is 0 Å². The lowest BCUT2D eigenvalue weighted by Gasteiger charge is -1.99. The quantitative estimate of drug-likeness (QED) is 0.749. The molecule has 2 N–H and O–H groups in total. The second kappa shape index (κ2) is 4.27. The average molecular weight is 174 g/mol. The smallest absolute Gasteiger partial charge is 0.248 e. The zero-order chi connectivity index (χ0) is 9.68. The van der Waals surface area contributed by atoms with Gasteiger partial charge in [0.2, 0.25) is 5.91 Å². The summed E-state index contributed by atoms with van der Waals surface area (Å²) in [6, 6.07) is 9.08. The molecule has 13 heavy (non-hydrogen) atoms. The Bertz CT molecular complexity index is 352. The fraction of sp³-hybridized carbons (Fsp3) is 0.200. The summed E-state index contributed by atoms with van der Waals surface area (Å²) in [5.41, 5.74) is 6.57. The van der Waals surface area contributed by atoms with Crippen LogP contribution in [0.25, 0.3) is 0 Å². The van der Waals surface area contributed by atoms with Gasteiger partial charge in [0.05, 0.1) is 6.07 Å². The summed E-state index contributed by atoms with van der Waals surface area (Å²) in [4.78, 5) is 10.8. The van der Waals surface area contributed by atoms with Gasteiger partial charge in [-0.15, -0.1) is 0 Å². The van der Waals surface area contributed by atoms with Crippen LogP contribution in [0.5, 0.6) is 0 Å². The molecule has 0 aromatic heterocycles. The minimum absolute atomic E-state index is 0.432. The van der Waals surface area contributed by atoms with E-state index in [1.54, 1.807) is 18.2 Å². The SMILES string of the molecule is N#CCCc1cccc(C(N)=O)c1. The van der Waals surface area contributed by atoms with Gasteiger partial charge >= 0.3 is 0 Å². The Hall–Kier alpha value is -1.82. The third-order valence-electron chi connectivity index (χ3n) is 1.74. The molecule has 0 atom stereocenters. The number of aryl methyl sites for hydroxylation is 1. The maximum Gasteiger partial charge on any atom is 0.248 e. The second-order valence-electron chi connectivity index (χ2n) is 2.72. The molecule has 0 spiro atoms. The van der Waals surface area contributed by atoms with Gasteiger partial charge in [-0.2, -0.15) is 5.26 Å². The molecule has 3 heteroatoms. The molecule has 0 saturated heterocycles. The number of amides is 1. The molecule has 66 valence electrons. The predicted molar refractivity (Wildman–Crippen MR) is 48.9 cm³/mol. The molecular weight excluding hydrogens is 164 g/mol. The zero-order valence-corrected chi connectivity index (χ0v) is 7.16. The molecule has 0 unspecified atom stereocenters. The number of rotatable bonds is 3. The molecule has 1 rings (SSSR count). The number of carbonyl (C=O) groups is 1. The van der Waals surface area contributed by atoms with Crippen LogP contribution in [0.15, 0.2) is 24.3 Å². The van der Waals surface area contributed by atoms with Crippen molar-refractivity contribution in [1.29, 1.82) is 5.26 Å². The average Bonchev–Trinajstić information content (AvgIpc) is 2.15. The van der Waals surface area contributed by atoms with Crippen molar-refractivity contribution in [3.8, 4) is 6.07 Å². The molecule has 0 radical (unpaired) electrons. The van der Waals surface area contributed by atoms with Crippen LogP contribution in [0.3, 0.4) is 0 Å². The number of nitriles is 1. The number of hydrogen-bond donors (Lipinski definition) is 1. The van der Waals surface area contributed by atoms with Crippen LogP contribution < -0.4 is 5.73 Å². The molecule has 0 bridgehead atoms. The van der Waals surface area contributed by atoms with E-state index < -0.39 is 5.91 Å². The molecule has 0 heterocycles. The predicted octanol–water partition coefficient (Wildman–Crippen LogP) is 1.24. The maximum atomic E-state index is 10.8. The first kappa shape index (κ1) is 9.27. The van der Waals surface area contributed by atoms with Gasteiger partial charge < -0.3 is 5.73 Å². The largest absolute Gasteiger partial charge is 0.366 e. The molecule has 1 aromatic carbocycles. The lowest BCUT2D eigenvalue weighted by Crippen LogP contribution is -2.10. The molecule has 0 saturated carbocycles. The van der Waals surface area contributed by atoms with Gasteiger partial charge in [-0.3, -0.25) is 4.79 Å². The molecule has 0 aliphatic heterocycles. The Balaban J connectivity index is 2.80. The van der Waals surface area contributed by atoms with E-state index in [0.717, 1.165) is 5.56 Å². The Morgan fingerprint density at radius 2 is 2.31 bits per heavy atom. The lowest BCUT2D eigenvalue weighted by molar-refractivity contribution is 0.1000. The Morgan fingerprint density at radius 3 is 2.92 bits per heavy atom. The first-order valence-corrected chi connectivity index (χ1v) is 3.99. The Labute approximate surface area is 76.8 Å². The van der Waals surface area contributed by atoms with Crippen molar-refractivity contribution in [2.24, 2.45) is 5.73 Å². The lowest BCUT2D eigenvalue weighted by atomic mass is 10.1. The molecule has 0 aliphatic carbocycles. The summed E-state index contributed by atoms with van der Waals surface area (Å²) in [5.74, 6) is -0.432. The van der Waals surface area contributed by atoms with Crippen LogP contribution >= 0.6 is 0 Å². The van der Waals surface area contributed by atoms with Gasteiger partial charge in [0.15, 0.2) is 0 Å². The Morgan fingerprint density at radius 1 is 1.54 bits per heavy atom. The van der Waals surface area contributed by atoms with E-state index in [1.165, 1.54) is 0 Å². The topological polar surface area (TPSA) is 66.9 Å². The van der Waals surface area contributed by atoms with E-state index in [1.807, 2.05) is 12.1 Å². The van der Waals surface area contributed by atoms with Crippen molar-refractivity contribution in [3.05, 3.63) is 35.4 Å². The molecule has 1 aromatic rings. The highest BCUT2D eigenvalue weighted by atomic mass is 16.1. The van der Waals surface area contributed by atoms with Crippen LogP contribution in [0.4, 0.5) is 0 Å². The summed E-state index contributed by atoms with van der Waals surface area (Å²) >= 11 is 0. The molecule has 1 amide bonds. The first-order valence-electron chi connectivity index (χ1n) is 3.99. The summed E-state index contributed by atoms with van der Waals surface area (Å²) in [6.07, 6.45) is 1.12. The van der Waals surface area contributed by atoms with Crippen molar-refractivity contribution in [2.75, 3.05) is 0 Å². The normalized spacial score (nSPS) is 9.15. The van der Waals surface area contributed by atoms with Crippen LogP contribution in [0.1, 0.15) is 22.3 Å². The van der Waals surface area contributed by atoms with Crippen molar-refractivity contribution in [2.45, 2.75) is 12.8 Å². The summed E-state index contributed by atoms with van der Waals surface area (Å²) in [7, 11) is 0. The maximum absolute atomic E-state index is 10.8.